The summed E-state index contributed by atoms with van der Waals surface area (Å²) in [6.45, 7) is 1.58. The molecule has 1 aromatic rings. The van der Waals surface area contributed by atoms with Crippen molar-refractivity contribution in [1.82, 2.24) is 4.90 Å². The first-order valence-electron chi connectivity index (χ1n) is 6.00. The fourth-order valence-electron chi connectivity index (χ4n) is 2.84. The van der Waals surface area contributed by atoms with Gasteiger partial charge in [0.2, 0.25) is 6.79 Å². The van der Waals surface area contributed by atoms with Gasteiger partial charge >= 0.3 is 0 Å². The Kier molecular flexibility index (Phi) is 2.68. The molecule has 1 N–H and O–H groups in total. The van der Waals surface area contributed by atoms with Gasteiger partial charge in [-0.2, -0.15) is 0 Å². The number of benzene rings is 1. The summed E-state index contributed by atoms with van der Waals surface area (Å²) in [5.74, 6) is 1.95. The quantitative estimate of drug-likeness (QED) is 0.841. The van der Waals surface area contributed by atoms with Crippen molar-refractivity contribution in [3.63, 3.8) is 0 Å². The molecule has 1 aromatic carbocycles. The van der Waals surface area contributed by atoms with E-state index in [0.29, 0.717) is 12.7 Å². The van der Waals surface area contributed by atoms with Crippen LogP contribution >= 0.6 is 0 Å². The number of likely N-dealkylation sites (tertiary alicyclic amines) is 1. The van der Waals surface area contributed by atoms with E-state index in [1.807, 2.05) is 12.1 Å². The molecule has 2 aliphatic rings. The minimum absolute atomic E-state index is 0.240. The lowest BCUT2D eigenvalue weighted by molar-refractivity contribution is 0.173. The molecule has 2 atom stereocenters. The molecule has 0 saturated carbocycles. The number of hydrogen-bond acceptors (Lipinski definition) is 4. The van der Waals surface area contributed by atoms with Gasteiger partial charge in [0.1, 0.15) is 0 Å². The van der Waals surface area contributed by atoms with Crippen LogP contribution in [-0.2, 0) is 0 Å². The molecule has 4 nitrogen and oxygen atoms in total. The lowest BCUT2D eigenvalue weighted by atomic mass is 9.94. The maximum Gasteiger partial charge on any atom is 0.231 e. The SMILES string of the molecule is CN1CCC(CO)C1c1ccc2c(c1)OCO2. The first-order valence-corrected chi connectivity index (χ1v) is 6.00. The highest BCUT2D eigenvalue weighted by Crippen LogP contribution is 2.40. The maximum atomic E-state index is 9.43. The van der Waals surface area contributed by atoms with E-state index in [1.165, 1.54) is 5.56 Å². The topological polar surface area (TPSA) is 41.9 Å². The Morgan fingerprint density at radius 2 is 2.18 bits per heavy atom. The summed E-state index contributed by atoms with van der Waals surface area (Å²) < 4.78 is 10.7. The van der Waals surface area contributed by atoms with Gasteiger partial charge in [-0.15, -0.1) is 0 Å². The third-order valence-electron chi connectivity index (χ3n) is 3.75. The predicted molar refractivity (Wildman–Crippen MR) is 63.1 cm³/mol. The summed E-state index contributed by atoms with van der Waals surface area (Å²) in [6.07, 6.45) is 1.05. The summed E-state index contributed by atoms with van der Waals surface area (Å²) in [5, 5.41) is 9.43. The lowest BCUT2D eigenvalue weighted by Gasteiger charge is -2.24. The fraction of sp³-hybridized carbons (Fsp3) is 0.538. The molecule has 0 spiro atoms. The molecule has 2 unspecified atom stereocenters. The average Bonchev–Trinajstić information content (AvgIpc) is 2.93. The minimum atomic E-state index is 0.240. The van der Waals surface area contributed by atoms with E-state index >= 15 is 0 Å². The van der Waals surface area contributed by atoms with Gasteiger partial charge in [0, 0.05) is 18.6 Å². The number of rotatable bonds is 2. The van der Waals surface area contributed by atoms with Crippen molar-refractivity contribution in [2.24, 2.45) is 5.92 Å². The molecule has 17 heavy (non-hydrogen) atoms. The second kappa shape index (κ2) is 4.20. The van der Waals surface area contributed by atoms with E-state index in [4.69, 9.17) is 9.47 Å². The monoisotopic (exact) mass is 235 g/mol. The standard InChI is InChI=1S/C13H17NO3/c1-14-5-4-10(7-15)13(14)9-2-3-11-12(6-9)17-8-16-11/h2-3,6,10,13,15H,4-5,7-8H2,1H3. The van der Waals surface area contributed by atoms with Crippen molar-refractivity contribution in [2.45, 2.75) is 12.5 Å². The van der Waals surface area contributed by atoms with E-state index < -0.39 is 0 Å². The number of ether oxygens (including phenoxy) is 2. The van der Waals surface area contributed by atoms with Crippen LogP contribution in [0, 0.1) is 5.92 Å². The molecule has 1 saturated heterocycles. The van der Waals surface area contributed by atoms with Crippen LogP contribution in [0.25, 0.3) is 0 Å². The van der Waals surface area contributed by atoms with Gasteiger partial charge in [-0.1, -0.05) is 6.07 Å². The molecule has 1 fully saturated rings. The zero-order valence-corrected chi connectivity index (χ0v) is 9.93. The molecule has 2 heterocycles. The van der Waals surface area contributed by atoms with Crippen molar-refractivity contribution in [2.75, 3.05) is 27.0 Å². The molecule has 92 valence electrons. The number of hydrogen-bond donors (Lipinski definition) is 1. The van der Waals surface area contributed by atoms with E-state index in [0.717, 1.165) is 24.5 Å². The number of aliphatic hydroxyl groups is 1. The van der Waals surface area contributed by atoms with E-state index in [2.05, 4.69) is 18.0 Å². The summed E-state index contributed by atoms with van der Waals surface area (Å²) in [4.78, 5) is 2.29. The number of nitrogens with zero attached hydrogens (tertiary/aromatic N) is 1. The van der Waals surface area contributed by atoms with Gasteiger partial charge in [0.05, 0.1) is 0 Å². The van der Waals surface area contributed by atoms with Crippen LogP contribution in [0.1, 0.15) is 18.0 Å². The van der Waals surface area contributed by atoms with Crippen molar-refractivity contribution < 1.29 is 14.6 Å². The van der Waals surface area contributed by atoms with Crippen molar-refractivity contribution in [1.29, 1.82) is 0 Å². The Morgan fingerprint density at radius 1 is 1.35 bits per heavy atom. The van der Waals surface area contributed by atoms with Gasteiger partial charge in [-0.25, -0.2) is 0 Å². The Bertz CT molecular complexity index is 421. The number of fused-ring (bicyclic) bond motifs is 1. The summed E-state index contributed by atoms with van der Waals surface area (Å²) in [5.41, 5.74) is 1.20. The third kappa shape index (κ3) is 1.77. The van der Waals surface area contributed by atoms with Gasteiger partial charge in [0.25, 0.3) is 0 Å². The van der Waals surface area contributed by atoms with Crippen molar-refractivity contribution in [3.8, 4) is 11.5 Å². The minimum Gasteiger partial charge on any atom is -0.454 e. The largest absolute Gasteiger partial charge is 0.454 e. The van der Waals surface area contributed by atoms with E-state index in [-0.39, 0.29) is 12.6 Å². The van der Waals surface area contributed by atoms with E-state index in [1.54, 1.807) is 0 Å². The van der Waals surface area contributed by atoms with Gasteiger partial charge in [-0.05, 0) is 37.7 Å². The van der Waals surface area contributed by atoms with Crippen LogP contribution in [0.3, 0.4) is 0 Å². The van der Waals surface area contributed by atoms with Crippen LogP contribution in [0.5, 0.6) is 11.5 Å². The molecule has 0 aliphatic carbocycles. The first kappa shape index (κ1) is 10.9. The first-order chi connectivity index (χ1) is 8.29. The highest BCUT2D eigenvalue weighted by atomic mass is 16.7. The van der Waals surface area contributed by atoms with Crippen LogP contribution in [-0.4, -0.2) is 37.0 Å². The molecule has 0 bridgehead atoms. The normalized spacial score (nSPS) is 27.6. The van der Waals surface area contributed by atoms with Crippen LogP contribution < -0.4 is 9.47 Å². The van der Waals surface area contributed by atoms with Gasteiger partial charge in [-0.3, -0.25) is 4.90 Å². The molecule has 3 rings (SSSR count). The molecule has 2 aliphatic heterocycles. The summed E-state index contributed by atoms with van der Waals surface area (Å²) >= 11 is 0. The molecule has 0 aromatic heterocycles. The van der Waals surface area contributed by atoms with Gasteiger partial charge < -0.3 is 14.6 Å². The average molecular weight is 235 g/mol. The Labute approximate surface area is 101 Å². The lowest BCUT2D eigenvalue weighted by Crippen LogP contribution is -2.22. The number of aliphatic hydroxyl groups excluding tert-OH is 1. The second-order valence-electron chi connectivity index (χ2n) is 4.77. The zero-order chi connectivity index (χ0) is 11.8. The van der Waals surface area contributed by atoms with Crippen molar-refractivity contribution >= 4 is 0 Å². The summed E-state index contributed by atoms with van der Waals surface area (Å²) in [7, 11) is 2.10. The molecular weight excluding hydrogens is 218 g/mol. The molecular formula is C13H17NO3. The Morgan fingerprint density at radius 3 is 3.00 bits per heavy atom. The van der Waals surface area contributed by atoms with Gasteiger partial charge in [0.15, 0.2) is 11.5 Å². The third-order valence-corrected chi connectivity index (χ3v) is 3.75. The molecule has 4 heteroatoms. The highest BCUT2D eigenvalue weighted by molar-refractivity contribution is 5.45. The van der Waals surface area contributed by atoms with Crippen molar-refractivity contribution in [3.05, 3.63) is 23.8 Å². The maximum absolute atomic E-state index is 9.43. The Balaban J connectivity index is 1.92. The molecule has 0 amide bonds. The zero-order valence-electron chi connectivity index (χ0n) is 9.93. The smallest absolute Gasteiger partial charge is 0.231 e. The highest BCUT2D eigenvalue weighted by Gasteiger charge is 2.33. The second-order valence-corrected chi connectivity index (χ2v) is 4.77. The fourth-order valence-corrected chi connectivity index (χ4v) is 2.84. The van der Waals surface area contributed by atoms with Crippen LogP contribution in [0.15, 0.2) is 18.2 Å². The van der Waals surface area contributed by atoms with Crippen LogP contribution in [0.4, 0.5) is 0 Å². The predicted octanol–water partition coefficient (Wildman–Crippen LogP) is 1.40. The molecule has 0 radical (unpaired) electrons. The van der Waals surface area contributed by atoms with Crippen LogP contribution in [0.2, 0.25) is 0 Å². The summed E-state index contributed by atoms with van der Waals surface area (Å²) in [6, 6.07) is 6.35. The van der Waals surface area contributed by atoms with E-state index in [9.17, 15) is 5.11 Å². The Hall–Kier alpha value is -1.26.